The Morgan fingerprint density at radius 2 is 1.54 bits per heavy atom. The van der Waals surface area contributed by atoms with Crippen molar-refractivity contribution in [1.82, 2.24) is 20.6 Å². The summed E-state index contributed by atoms with van der Waals surface area (Å²) < 4.78 is 11.0. The Morgan fingerprint density at radius 3 is 2.25 bits per heavy atom. The van der Waals surface area contributed by atoms with Gasteiger partial charge in [-0.15, -0.1) is 11.3 Å². The Kier molecular flexibility index (Phi) is 12.2. The zero-order valence-corrected chi connectivity index (χ0v) is 34.5. The zero-order valence-electron chi connectivity index (χ0n) is 31.4. The minimum Gasteiger partial charge on any atom is -0.486 e. The fourth-order valence-electron chi connectivity index (χ4n) is 8.01. The first-order chi connectivity index (χ1) is 27.3. The molecule has 0 radical (unpaired) electrons. The van der Waals surface area contributed by atoms with E-state index in [2.05, 4.69) is 20.6 Å². The second-order valence-electron chi connectivity index (χ2n) is 15.4. The lowest BCUT2D eigenvalue weighted by Crippen LogP contribution is -2.75. The van der Waals surface area contributed by atoms with E-state index in [1.165, 1.54) is 11.3 Å². The molecule has 0 aliphatic heterocycles. The number of rotatable bonds is 14. The number of carbonyl (C=O) groups excluding carboxylic acids is 4. The summed E-state index contributed by atoms with van der Waals surface area (Å²) in [6.07, 6.45) is 6.80. The van der Waals surface area contributed by atoms with Gasteiger partial charge in [-0.05, 0) is 105 Å². The quantitative estimate of drug-likeness (QED) is 0.106. The summed E-state index contributed by atoms with van der Waals surface area (Å²) >= 11 is 19.2. The van der Waals surface area contributed by atoms with E-state index in [9.17, 15) is 19.2 Å². The van der Waals surface area contributed by atoms with Gasteiger partial charge in [0.05, 0.1) is 25.4 Å². The molecule has 0 atom stereocenters. The molecule has 4 aliphatic rings. The molecule has 2 aromatic heterocycles. The minimum atomic E-state index is -0.169. The van der Waals surface area contributed by atoms with Gasteiger partial charge in [0.25, 0.3) is 11.8 Å². The molecule has 4 saturated carbocycles. The van der Waals surface area contributed by atoms with Crippen molar-refractivity contribution < 1.29 is 28.7 Å². The lowest BCUT2D eigenvalue weighted by molar-refractivity contribution is -0.164. The van der Waals surface area contributed by atoms with Crippen molar-refractivity contribution in [2.45, 2.75) is 70.4 Å². The van der Waals surface area contributed by atoms with Crippen molar-refractivity contribution in [2.75, 3.05) is 13.2 Å². The lowest BCUT2D eigenvalue weighted by Gasteiger charge is -2.70. The van der Waals surface area contributed by atoms with Crippen molar-refractivity contribution in [3.63, 3.8) is 0 Å². The van der Waals surface area contributed by atoms with Crippen LogP contribution >= 0.6 is 46.1 Å². The van der Waals surface area contributed by atoms with Crippen LogP contribution in [0.5, 0.6) is 11.5 Å². The van der Waals surface area contributed by atoms with Gasteiger partial charge in [-0.3, -0.25) is 19.2 Å². The number of nitrogens with zero attached hydrogens (tertiary/aromatic N) is 2. The number of carbonyl (C=O) groups is 4. The van der Waals surface area contributed by atoms with E-state index in [1.54, 1.807) is 42.6 Å². The highest BCUT2D eigenvalue weighted by Crippen LogP contribution is 2.69. The molecule has 2 N–H and O–H groups in total. The van der Waals surface area contributed by atoms with Crippen LogP contribution in [0.4, 0.5) is 0 Å². The van der Waals surface area contributed by atoms with Crippen molar-refractivity contribution in [3.05, 3.63) is 115 Å². The number of ether oxygens (including phenoxy) is 2. The van der Waals surface area contributed by atoms with E-state index < -0.39 is 0 Å². The Bertz CT molecular complexity index is 2330. The summed E-state index contributed by atoms with van der Waals surface area (Å²) in [5.74, 6) is 1.31. The Hall–Kier alpha value is -4.55. The normalized spacial score (nSPS) is 21.4. The summed E-state index contributed by atoms with van der Waals surface area (Å²) in [5, 5.41) is 9.48. The van der Waals surface area contributed by atoms with E-state index in [0.29, 0.717) is 45.1 Å². The number of para-hydroxylation sites is 1. The summed E-state index contributed by atoms with van der Waals surface area (Å²) in [4.78, 5) is 58.5. The highest BCUT2D eigenvalue weighted by atomic mass is 35.5. The van der Waals surface area contributed by atoms with Crippen LogP contribution in [-0.4, -0.2) is 58.1 Å². The van der Waals surface area contributed by atoms with Gasteiger partial charge in [-0.1, -0.05) is 59.1 Å². The van der Waals surface area contributed by atoms with Crippen LogP contribution in [0.25, 0.3) is 10.9 Å². The standard InChI is InChI=1S/C24H23ClN2O3.C19H18Cl2N2O3S/c1-15-10-20(7-8-21(15)25)30-14-19(28)13-16-11-18(12-16)26-24(29)23-9-6-17-4-2-3-5-22(17)27-23;1-11-22-6-16(27-11)15(24)5-18-8-19(9-18,10-18)23-17(25)7-26-12-2-3-13(20)14(21)4-12/h2-10,16,18H,11-14H2,1H3,(H,26,29);2-4,6H,5,7-10H2,1H3,(H,23,25). The van der Waals surface area contributed by atoms with Gasteiger partial charge in [-0.2, -0.15) is 0 Å². The number of hydrogen-bond acceptors (Lipinski definition) is 9. The van der Waals surface area contributed by atoms with Crippen molar-refractivity contribution in [2.24, 2.45) is 11.3 Å². The molecule has 57 heavy (non-hydrogen) atoms. The highest BCUT2D eigenvalue weighted by Gasteiger charge is 2.68. The molecular formula is C43H41Cl3N4O6S. The third-order valence-corrected chi connectivity index (χ3v) is 12.8. The number of halogens is 3. The molecule has 5 aromatic rings. The molecule has 4 aliphatic carbocycles. The number of aromatic nitrogens is 2. The summed E-state index contributed by atoms with van der Waals surface area (Å²) in [7, 11) is 0. The van der Waals surface area contributed by atoms with Gasteiger partial charge in [0, 0.05) is 47.1 Å². The van der Waals surface area contributed by atoms with Gasteiger partial charge in [0.1, 0.15) is 23.8 Å². The van der Waals surface area contributed by atoms with E-state index in [1.807, 2.05) is 50.2 Å². The van der Waals surface area contributed by atoms with Gasteiger partial charge < -0.3 is 20.1 Å². The molecule has 0 saturated heterocycles. The molecule has 2 bridgehead atoms. The predicted octanol–water partition coefficient (Wildman–Crippen LogP) is 9.19. The minimum absolute atomic E-state index is 0.0484. The van der Waals surface area contributed by atoms with Crippen molar-refractivity contribution in [3.8, 4) is 11.5 Å². The van der Waals surface area contributed by atoms with Crippen molar-refractivity contribution in [1.29, 1.82) is 0 Å². The highest BCUT2D eigenvalue weighted by molar-refractivity contribution is 7.13. The van der Waals surface area contributed by atoms with Crippen LogP contribution < -0.4 is 20.1 Å². The maximum Gasteiger partial charge on any atom is 0.270 e. The van der Waals surface area contributed by atoms with Crippen LogP contribution in [0.3, 0.4) is 0 Å². The van der Waals surface area contributed by atoms with Gasteiger partial charge in [0.2, 0.25) is 0 Å². The molecule has 9 rings (SSSR count). The molecular weight excluding hydrogens is 807 g/mol. The second kappa shape index (κ2) is 17.1. The number of nitrogens with one attached hydrogen (secondary N) is 2. The third-order valence-electron chi connectivity index (χ3n) is 10.7. The molecule has 0 unspecified atom stereocenters. The fourth-order valence-corrected chi connectivity index (χ4v) is 9.13. The van der Waals surface area contributed by atoms with E-state index >= 15 is 0 Å². The third kappa shape index (κ3) is 9.95. The topological polar surface area (TPSA) is 137 Å². The number of thiazole rings is 1. The summed E-state index contributed by atoms with van der Waals surface area (Å²) in [6.45, 7) is 3.77. The maximum absolute atomic E-state index is 12.5. The fraction of sp³-hybridized carbons (Fsp3) is 0.349. The first-order valence-corrected chi connectivity index (χ1v) is 20.6. The Balaban J connectivity index is 0.000000175. The molecule has 2 amide bonds. The SMILES string of the molecule is Cc1cc(OCC(=O)CC2CC(NC(=O)c3ccc4ccccc4n3)C2)ccc1Cl.Cc1ncc(C(=O)CC23CC(NC(=O)COc4ccc(Cl)c(Cl)c4)(C2)C3)s1. The number of fused-ring (bicyclic) bond motifs is 1. The molecule has 10 nitrogen and oxygen atoms in total. The summed E-state index contributed by atoms with van der Waals surface area (Å²) in [6, 6.07) is 21.7. The number of Topliss-reactive ketones (excluding diaryl/α,β-unsaturated/α-hetero) is 2. The number of benzene rings is 3. The number of aryl methyl sites for hydroxylation is 2. The van der Waals surface area contributed by atoms with Crippen molar-refractivity contribution >= 4 is 80.4 Å². The van der Waals surface area contributed by atoms with E-state index in [-0.39, 0.29) is 59.5 Å². The zero-order chi connectivity index (χ0) is 40.3. The second-order valence-corrected chi connectivity index (χ2v) is 17.9. The largest absolute Gasteiger partial charge is 0.486 e. The van der Waals surface area contributed by atoms with Crippen LogP contribution in [0.2, 0.25) is 15.1 Å². The predicted molar refractivity (Wildman–Crippen MR) is 222 cm³/mol. The Labute approximate surface area is 349 Å². The van der Waals surface area contributed by atoms with E-state index in [4.69, 9.17) is 44.3 Å². The number of pyridine rings is 1. The number of amides is 2. The molecule has 296 valence electrons. The lowest BCUT2D eigenvalue weighted by atomic mass is 9.38. The molecule has 3 aromatic carbocycles. The number of ketones is 2. The van der Waals surface area contributed by atoms with Crippen LogP contribution in [0.1, 0.15) is 75.7 Å². The molecule has 0 spiro atoms. The monoisotopic (exact) mass is 846 g/mol. The van der Waals surface area contributed by atoms with Crippen LogP contribution in [-0.2, 0) is 9.59 Å². The first kappa shape index (κ1) is 40.6. The smallest absolute Gasteiger partial charge is 0.270 e. The average molecular weight is 848 g/mol. The van der Waals surface area contributed by atoms with Crippen LogP contribution in [0.15, 0.2) is 79.0 Å². The maximum atomic E-state index is 12.5. The van der Waals surface area contributed by atoms with E-state index in [0.717, 1.165) is 58.5 Å². The van der Waals surface area contributed by atoms with Crippen LogP contribution in [0, 0.1) is 25.2 Å². The number of hydrogen-bond donors (Lipinski definition) is 2. The molecule has 2 heterocycles. The first-order valence-electron chi connectivity index (χ1n) is 18.7. The van der Waals surface area contributed by atoms with Gasteiger partial charge in [0.15, 0.2) is 18.2 Å². The average Bonchev–Trinajstić information content (AvgIpc) is 3.59. The molecule has 4 fully saturated rings. The van der Waals surface area contributed by atoms with Gasteiger partial charge in [-0.25, -0.2) is 9.97 Å². The summed E-state index contributed by atoms with van der Waals surface area (Å²) in [5.41, 5.74) is 2.02. The molecule has 14 heteroatoms. The Morgan fingerprint density at radius 1 is 0.842 bits per heavy atom. The van der Waals surface area contributed by atoms with Gasteiger partial charge >= 0.3 is 0 Å².